The summed E-state index contributed by atoms with van der Waals surface area (Å²) in [6.07, 6.45) is 3.62. The Balaban J connectivity index is 2.15. The molecule has 25 heavy (non-hydrogen) atoms. The monoisotopic (exact) mass is 345 g/mol. The fraction of sp³-hybridized carbons (Fsp3) is 0.444. The van der Waals surface area contributed by atoms with Crippen molar-refractivity contribution < 1.29 is 24.0 Å². The lowest BCUT2D eigenvalue weighted by molar-refractivity contribution is -0.385. The quantitative estimate of drug-likeness (QED) is 0.352. The van der Waals surface area contributed by atoms with Crippen LogP contribution in [0.25, 0.3) is 0 Å². The molecule has 2 bridgehead atoms. The van der Waals surface area contributed by atoms with Crippen molar-refractivity contribution in [3.05, 3.63) is 51.6 Å². The Bertz CT molecular complexity index is 756. The van der Waals surface area contributed by atoms with E-state index in [1.165, 1.54) is 6.07 Å². The Labute approximate surface area is 144 Å². The number of carbonyl (C=O) groups is 2. The highest BCUT2D eigenvalue weighted by Gasteiger charge is 2.54. The molecule has 0 heterocycles. The van der Waals surface area contributed by atoms with Crippen LogP contribution in [0.3, 0.4) is 0 Å². The van der Waals surface area contributed by atoms with Crippen LogP contribution in [0.4, 0.5) is 5.69 Å². The van der Waals surface area contributed by atoms with Crippen molar-refractivity contribution in [2.24, 2.45) is 11.8 Å². The molecule has 0 amide bonds. The van der Waals surface area contributed by atoms with E-state index in [2.05, 4.69) is 0 Å². The van der Waals surface area contributed by atoms with E-state index in [1.807, 2.05) is 6.08 Å². The van der Waals surface area contributed by atoms with Gasteiger partial charge in [-0.3, -0.25) is 19.7 Å². The molecule has 0 spiro atoms. The van der Waals surface area contributed by atoms with E-state index in [4.69, 9.17) is 9.47 Å². The fourth-order valence-corrected chi connectivity index (χ4v) is 3.95. The summed E-state index contributed by atoms with van der Waals surface area (Å²) >= 11 is 0. The number of hydrogen-bond donors (Lipinski definition) is 0. The van der Waals surface area contributed by atoms with Gasteiger partial charge in [-0.05, 0) is 19.4 Å². The molecule has 7 nitrogen and oxygen atoms in total. The number of carbonyl (C=O) groups excluding carboxylic acids is 2. The first-order chi connectivity index (χ1) is 12.0. The zero-order valence-corrected chi connectivity index (χ0v) is 14.0. The van der Waals surface area contributed by atoms with Gasteiger partial charge in [0.05, 0.1) is 30.0 Å². The van der Waals surface area contributed by atoms with Crippen LogP contribution < -0.4 is 0 Å². The maximum absolute atomic E-state index is 12.6. The largest absolute Gasteiger partial charge is 0.466 e. The minimum atomic E-state index is -0.817. The molecule has 4 atom stereocenters. The van der Waals surface area contributed by atoms with Gasteiger partial charge < -0.3 is 9.47 Å². The second-order valence-electron chi connectivity index (χ2n) is 6.03. The molecule has 0 aliphatic heterocycles. The summed E-state index contributed by atoms with van der Waals surface area (Å²) in [5.41, 5.74) is 1.17. The molecule has 3 aliphatic carbocycles. The maximum Gasteiger partial charge on any atom is 0.310 e. The topological polar surface area (TPSA) is 95.7 Å². The lowest BCUT2D eigenvalue weighted by atomic mass is 9.59. The number of nitro groups is 1. The van der Waals surface area contributed by atoms with Crippen LogP contribution in [0.2, 0.25) is 0 Å². The fourth-order valence-electron chi connectivity index (χ4n) is 3.95. The zero-order chi connectivity index (χ0) is 18.1. The van der Waals surface area contributed by atoms with Gasteiger partial charge in [0.25, 0.3) is 5.69 Å². The second kappa shape index (κ2) is 6.66. The van der Waals surface area contributed by atoms with E-state index in [0.29, 0.717) is 11.1 Å². The van der Waals surface area contributed by atoms with Crippen LogP contribution >= 0.6 is 0 Å². The van der Waals surface area contributed by atoms with Crippen molar-refractivity contribution in [1.29, 1.82) is 0 Å². The van der Waals surface area contributed by atoms with Crippen molar-refractivity contribution in [1.82, 2.24) is 0 Å². The lowest BCUT2D eigenvalue weighted by Gasteiger charge is -2.43. The standard InChI is InChI=1S/C18H19NO6/c1-3-24-17(20)15-11-8-9-12(16(15)18(21)25-4-2)14-10(11)6-5-7-13(14)19(22)23/h5-9,11-12,15-16H,3-4H2,1-2H3/t11-,12-,15-,16-/m0/s1. The smallest absolute Gasteiger partial charge is 0.310 e. The van der Waals surface area contributed by atoms with Crippen LogP contribution in [-0.2, 0) is 19.1 Å². The Hall–Kier alpha value is -2.70. The number of nitro benzene ring substituents is 1. The molecule has 0 fully saturated rings. The van der Waals surface area contributed by atoms with E-state index in [-0.39, 0.29) is 18.9 Å². The molecule has 1 aromatic carbocycles. The number of fused-ring (bicyclic) bond motifs is 1. The predicted octanol–water partition coefficient (Wildman–Crippen LogP) is 2.70. The molecule has 0 saturated carbocycles. The van der Waals surface area contributed by atoms with Crippen LogP contribution in [-0.4, -0.2) is 30.1 Å². The lowest BCUT2D eigenvalue weighted by Crippen LogP contribution is -2.45. The van der Waals surface area contributed by atoms with Gasteiger partial charge in [-0.1, -0.05) is 24.3 Å². The molecule has 4 rings (SSSR count). The summed E-state index contributed by atoms with van der Waals surface area (Å²) in [6, 6.07) is 4.80. The van der Waals surface area contributed by atoms with Gasteiger partial charge in [0.2, 0.25) is 0 Å². The number of hydrogen-bond acceptors (Lipinski definition) is 6. The van der Waals surface area contributed by atoms with E-state index < -0.39 is 40.5 Å². The van der Waals surface area contributed by atoms with Gasteiger partial charge in [0.15, 0.2) is 0 Å². The van der Waals surface area contributed by atoms with Crippen molar-refractivity contribution in [2.45, 2.75) is 25.7 Å². The van der Waals surface area contributed by atoms with Crippen LogP contribution in [0.5, 0.6) is 0 Å². The van der Waals surface area contributed by atoms with E-state index in [1.54, 1.807) is 32.1 Å². The van der Waals surface area contributed by atoms with Crippen molar-refractivity contribution in [3.8, 4) is 0 Å². The van der Waals surface area contributed by atoms with Crippen molar-refractivity contribution in [2.75, 3.05) is 13.2 Å². The summed E-state index contributed by atoms with van der Waals surface area (Å²) in [4.78, 5) is 36.1. The van der Waals surface area contributed by atoms with Crippen LogP contribution in [0.15, 0.2) is 30.4 Å². The van der Waals surface area contributed by atoms with Crippen molar-refractivity contribution >= 4 is 17.6 Å². The highest BCUT2D eigenvalue weighted by Crippen LogP contribution is 2.55. The zero-order valence-electron chi connectivity index (χ0n) is 14.0. The third kappa shape index (κ3) is 2.69. The average molecular weight is 345 g/mol. The van der Waals surface area contributed by atoms with Gasteiger partial charge in [-0.2, -0.15) is 0 Å². The summed E-state index contributed by atoms with van der Waals surface area (Å²) in [7, 11) is 0. The van der Waals surface area contributed by atoms with Crippen LogP contribution in [0, 0.1) is 22.0 Å². The number of rotatable bonds is 5. The predicted molar refractivity (Wildman–Crippen MR) is 88.0 cm³/mol. The summed E-state index contributed by atoms with van der Waals surface area (Å²) in [5.74, 6) is -3.56. The Morgan fingerprint density at radius 2 is 1.60 bits per heavy atom. The number of nitrogens with zero attached hydrogens (tertiary/aromatic N) is 1. The second-order valence-corrected chi connectivity index (χ2v) is 6.03. The number of benzene rings is 1. The highest BCUT2D eigenvalue weighted by atomic mass is 16.6. The molecule has 3 aliphatic rings. The molecule has 132 valence electrons. The minimum absolute atomic E-state index is 0.0338. The van der Waals surface area contributed by atoms with Gasteiger partial charge >= 0.3 is 11.9 Å². The first kappa shape index (κ1) is 17.1. The Morgan fingerprint density at radius 1 is 1.04 bits per heavy atom. The van der Waals surface area contributed by atoms with E-state index in [0.717, 1.165) is 0 Å². The molecule has 0 unspecified atom stereocenters. The molecule has 1 aromatic rings. The molecule has 7 heteroatoms. The first-order valence-corrected chi connectivity index (χ1v) is 8.30. The molecule has 0 N–H and O–H groups in total. The summed E-state index contributed by atoms with van der Waals surface area (Å²) < 4.78 is 10.3. The summed E-state index contributed by atoms with van der Waals surface area (Å²) in [5, 5.41) is 11.4. The minimum Gasteiger partial charge on any atom is -0.466 e. The van der Waals surface area contributed by atoms with Gasteiger partial charge in [-0.25, -0.2) is 0 Å². The van der Waals surface area contributed by atoms with Gasteiger partial charge in [0.1, 0.15) is 0 Å². The van der Waals surface area contributed by atoms with Gasteiger partial charge in [0, 0.05) is 23.5 Å². The highest BCUT2D eigenvalue weighted by molar-refractivity contribution is 5.87. The first-order valence-electron chi connectivity index (χ1n) is 8.30. The van der Waals surface area contributed by atoms with E-state index >= 15 is 0 Å². The number of esters is 2. The van der Waals surface area contributed by atoms with Crippen LogP contribution in [0.1, 0.15) is 36.8 Å². The number of allylic oxidation sites excluding steroid dienone is 2. The SMILES string of the molecule is CCOC(=O)[C@@H]1[C@@H](C(=O)OCC)[C@H]2C=C[C@H]1c1cccc([N+](=O)[O-])c12. The third-order valence-electron chi connectivity index (χ3n) is 4.81. The third-order valence-corrected chi connectivity index (χ3v) is 4.81. The molecule has 0 radical (unpaired) electrons. The molecule has 0 saturated heterocycles. The molecular weight excluding hydrogens is 326 g/mol. The summed E-state index contributed by atoms with van der Waals surface area (Å²) in [6.45, 7) is 3.76. The molecular formula is C18H19NO6. The normalized spacial score (nSPS) is 26.0. The van der Waals surface area contributed by atoms with Gasteiger partial charge in [-0.15, -0.1) is 0 Å². The maximum atomic E-state index is 12.6. The van der Waals surface area contributed by atoms with E-state index in [9.17, 15) is 19.7 Å². The van der Waals surface area contributed by atoms with Crippen molar-refractivity contribution in [3.63, 3.8) is 0 Å². The Kier molecular flexibility index (Phi) is 4.57. The average Bonchev–Trinajstić information content (AvgIpc) is 2.61. The Morgan fingerprint density at radius 3 is 2.16 bits per heavy atom. The molecule has 0 aromatic heterocycles. The number of ether oxygens (including phenoxy) is 2.